The van der Waals surface area contributed by atoms with Crippen molar-refractivity contribution in [2.75, 3.05) is 81.2 Å². The van der Waals surface area contributed by atoms with E-state index in [0.717, 1.165) is 0 Å². The third-order valence-corrected chi connectivity index (χ3v) is 4.07. The highest BCUT2D eigenvalue weighted by molar-refractivity contribution is 6.61. The van der Waals surface area contributed by atoms with Gasteiger partial charge in [0.25, 0.3) is 0 Å². The van der Waals surface area contributed by atoms with Crippen LogP contribution in [-0.4, -0.2) is 128 Å². The Morgan fingerprint density at radius 3 is 1.44 bits per heavy atom. The lowest BCUT2D eigenvalue weighted by atomic mass is 10.2. The molecule has 0 saturated carbocycles. The predicted molar refractivity (Wildman–Crippen MR) is 162 cm³/mol. The minimum atomic E-state index is -0.830. The molecule has 268 valence electrons. The van der Waals surface area contributed by atoms with Crippen LogP contribution in [-0.2, 0) is 47.6 Å². The number of nitrogens with one attached hydrogen (secondary N) is 3. The molecule has 3 amide bonds. The van der Waals surface area contributed by atoms with Gasteiger partial charge in [0.05, 0.1) is 26.4 Å². The van der Waals surface area contributed by atoms with Crippen molar-refractivity contribution in [3.8, 4) is 0 Å². The van der Waals surface area contributed by atoms with Gasteiger partial charge in [-0.25, -0.2) is 19.2 Å². The number of carbonyl (C=O) groups is 4. The zero-order valence-corrected chi connectivity index (χ0v) is 28.7. The molecule has 0 aromatic rings. The second-order valence-corrected chi connectivity index (χ2v) is 10.7. The summed E-state index contributed by atoms with van der Waals surface area (Å²) < 4.78 is 38.8. The van der Waals surface area contributed by atoms with Gasteiger partial charge in [-0.2, -0.15) is 11.0 Å². The molecule has 2 atom stereocenters. The van der Waals surface area contributed by atoms with Crippen molar-refractivity contribution in [2.24, 2.45) is 5.73 Å². The number of rotatable bonds is 17. The second kappa shape index (κ2) is 28.7. The number of alkyl carbamates (subject to hydrolysis) is 1. The molecule has 45 heavy (non-hydrogen) atoms. The number of nitrogens with two attached hydrogens (primary N) is 1. The average Bonchev–Trinajstić information content (AvgIpc) is 2.92. The first-order chi connectivity index (χ1) is 20.9. The van der Waals surface area contributed by atoms with E-state index in [1.807, 2.05) is 0 Å². The van der Waals surface area contributed by atoms with E-state index < -0.39 is 34.9 Å². The Hall–Kier alpha value is -2.71. The molecule has 0 fully saturated rings. The lowest BCUT2D eigenvalue weighted by Crippen LogP contribution is -2.36. The minimum Gasteiger partial charge on any atom is -0.451 e. The van der Waals surface area contributed by atoms with Gasteiger partial charge in [0, 0.05) is 53.1 Å². The van der Waals surface area contributed by atoms with E-state index in [4.69, 9.17) is 55.3 Å². The van der Waals surface area contributed by atoms with Gasteiger partial charge >= 0.3 is 23.7 Å². The first-order valence-corrected chi connectivity index (χ1v) is 14.0. The van der Waals surface area contributed by atoms with Gasteiger partial charge in [-0.3, -0.25) is 9.68 Å². The van der Waals surface area contributed by atoms with Crippen LogP contribution in [0.3, 0.4) is 0 Å². The Morgan fingerprint density at radius 1 is 0.667 bits per heavy atom. The van der Waals surface area contributed by atoms with Gasteiger partial charge < -0.3 is 48.9 Å². The summed E-state index contributed by atoms with van der Waals surface area (Å²) >= 11 is 4.92. The normalized spacial score (nSPS) is 12.1. The van der Waals surface area contributed by atoms with E-state index in [0.29, 0.717) is 19.8 Å². The topological polar surface area (TPSA) is 223 Å². The van der Waals surface area contributed by atoms with Gasteiger partial charge in [0.15, 0.2) is 0 Å². The van der Waals surface area contributed by atoms with Crippen molar-refractivity contribution in [2.45, 2.75) is 65.0 Å². The molecule has 0 spiro atoms. The SMILES string of the molecule is CC(C)(C)OC(=O)NOCCN.COCC(COC(=O)Cl)OC.COCC(COC(=O)NCCONC(=O)OC(C)(C)C)OC. The van der Waals surface area contributed by atoms with Gasteiger partial charge in [0.1, 0.15) is 36.6 Å². The maximum atomic E-state index is 11.4. The smallest absolute Gasteiger partial charge is 0.431 e. The molecule has 0 aromatic carbocycles. The average molecular weight is 681 g/mol. The van der Waals surface area contributed by atoms with Crippen molar-refractivity contribution in [1.29, 1.82) is 0 Å². The van der Waals surface area contributed by atoms with Crippen LogP contribution in [0.2, 0.25) is 0 Å². The van der Waals surface area contributed by atoms with Crippen LogP contribution in [0.4, 0.5) is 19.2 Å². The molecular weight excluding hydrogens is 628 g/mol. The summed E-state index contributed by atoms with van der Waals surface area (Å²) in [6.45, 7) is 12.3. The first kappa shape index (κ1) is 46.7. The van der Waals surface area contributed by atoms with Gasteiger partial charge in [-0.15, -0.1) is 0 Å². The van der Waals surface area contributed by atoms with E-state index in [-0.39, 0.29) is 45.2 Å². The molecule has 0 aliphatic heterocycles. The highest BCUT2D eigenvalue weighted by Crippen LogP contribution is 2.06. The van der Waals surface area contributed by atoms with Crippen LogP contribution in [0.5, 0.6) is 0 Å². The molecule has 0 aliphatic rings. The summed E-state index contributed by atoms with van der Waals surface area (Å²) in [5.74, 6) is 0. The van der Waals surface area contributed by atoms with E-state index in [9.17, 15) is 19.2 Å². The lowest BCUT2D eigenvalue weighted by molar-refractivity contribution is -0.0138. The van der Waals surface area contributed by atoms with Crippen LogP contribution < -0.4 is 22.0 Å². The largest absolute Gasteiger partial charge is 0.451 e. The van der Waals surface area contributed by atoms with Crippen LogP contribution in [0.15, 0.2) is 0 Å². The highest BCUT2D eigenvalue weighted by Gasteiger charge is 2.17. The molecule has 18 nitrogen and oxygen atoms in total. The van der Waals surface area contributed by atoms with Crippen molar-refractivity contribution >= 4 is 35.3 Å². The van der Waals surface area contributed by atoms with Crippen LogP contribution >= 0.6 is 11.6 Å². The summed E-state index contributed by atoms with van der Waals surface area (Å²) in [4.78, 5) is 53.0. The van der Waals surface area contributed by atoms with Gasteiger partial charge in [0.2, 0.25) is 0 Å². The fraction of sp³-hybridized carbons (Fsp3) is 0.846. The molecule has 0 bridgehead atoms. The van der Waals surface area contributed by atoms with Crippen LogP contribution in [0.1, 0.15) is 41.5 Å². The summed E-state index contributed by atoms with van der Waals surface area (Å²) in [6, 6.07) is 0. The standard InChI is InChI=1S/C13H26N2O7.C7H16N2O3.C6H11ClO4/c1-13(2,3)22-12(17)15-21-7-6-14-11(16)20-9-10(19-5)8-18-4;1-7(2,3)12-6(10)9-11-5-4-8;1-9-3-5(10-2)4-11-6(7)8/h10H,6-9H2,1-5H3,(H,14,16)(H,15,17);4-5,8H2,1-3H3,(H,9,10);5H,3-4H2,1-2H3. The molecule has 0 saturated heterocycles. The first-order valence-electron chi connectivity index (χ1n) is 13.6. The summed E-state index contributed by atoms with van der Waals surface area (Å²) in [5, 5.41) is 2.45. The Bertz CT molecular complexity index is 782. The number of carbonyl (C=O) groups excluding carboxylic acids is 4. The summed E-state index contributed by atoms with van der Waals surface area (Å²) in [7, 11) is 6.07. The maximum absolute atomic E-state index is 11.4. The minimum absolute atomic E-state index is 0.0696. The zero-order valence-electron chi connectivity index (χ0n) is 28.0. The summed E-state index contributed by atoms with van der Waals surface area (Å²) in [5.41, 5.74) is 7.39. The molecule has 5 N–H and O–H groups in total. The third kappa shape index (κ3) is 39.3. The molecule has 0 heterocycles. The number of halogens is 1. The quantitative estimate of drug-likeness (QED) is 0.0748. The molecule has 0 rings (SSSR count). The Kier molecular flexibility index (Phi) is 29.8. The van der Waals surface area contributed by atoms with Crippen molar-refractivity contribution in [3.63, 3.8) is 0 Å². The lowest BCUT2D eigenvalue weighted by Gasteiger charge is -2.19. The highest BCUT2D eigenvalue weighted by atomic mass is 35.5. The van der Waals surface area contributed by atoms with Crippen molar-refractivity contribution in [3.05, 3.63) is 0 Å². The molecule has 0 radical (unpaired) electrons. The van der Waals surface area contributed by atoms with Gasteiger partial charge in [-0.05, 0) is 41.5 Å². The van der Waals surface area contributed by atoms with Crippen molar-refractivity contribution in [1.82, 2.24) is 16.3 Å². The maximum Gasteiger partial charge on any atom is 0.431 e. The number of amides is 3. The monoisotopic (exact) mass is 680 g/mol. The fourth-order valence-corrected chi connectivity index (χ4v) is 2.26. The van der Waals surface area contributed by atoms with Crippen LogP contribution in [0.25, 0.3) is 0 Å². The van der Waals surface area contributed by atoms with E-state index >= 15 is 0 Å². The molecule has 0 aromatic heterocycles. The van der Waals surface area contributed by atoms with Crippen molar-refractivity contribution < 1.29 is 66.7 Å². The number of hydrogen-bond donors (Lipinski definition) is 4. The third-order valence-electron chi connectivity index (χ3n) is 3.96. The molecule has 19 heteroatoms. The summed E-state index contributed by atoms with van der Waals surface area (Å²) in [6.07, 6.45) is -2.48. The number of methoxy groups -OCH3 is 4. The van der Waals surface area contributed by atoms with E-state index in [1.165, 1.54) is 28.4 Å². The predicted octanol–water partition coefficient (Wildman–Crippen LogP) is 2.25. The van der Waals surface area contributed by atoms with E-state index in [2.05, 4.69) is 25.9 Å². The number of hydroxylamine groups is 2. The number of ether oxygens (including phenoxy) is 8. The Morgan fingerprint density at radius 2 is 1.09 bits per heavy atom. The second-order valence-electron chi connectivity index (χ2n) is 10.4. The fourth-order valence-electron chi connectivity index (χ4n) is 2.20. The van der Waals surface area contributed by atoms with Crippen LogP contribution in [0, 0.1) is 0 Å². The molecule has 2 unspecified atom stereocenters. The molecule has 0 aliphatic carbocycles. The zero-order chi connectivity index (χ0) is 35.3. The molecular formula is C26H53ClN4O14. The number of hydrogen-bond acceptors (Lipinski definition) is 15. The van der Waals surface area contributed by atoms with E-state index in [1.54, 1.807) is 41.5 Å². The Balaban J connectivity index is -0.000000647. The Labute approximate surface area is 270 Å². The van der Waals surface area contributed by atoms with Gasteiger partial charge in [-0.1, -0.05) is 0 Å².